The average Bonchev–Trinajstić information content (AvgIpc) is 3.39. The van der Waals surface area contributed by atoms with Gasteiger partial charge in [-0.1, -0.05) is 24.3 Å². The van der Waals surface area contributed by atoms with Crippen molar-refractivity contribution in [3.8, 4) is 16.4 Å². The van der Waals surface area contributed by atoms with Crippen molar-refractivity contribution in [2.45, 2.75) is 6.42 Å². The average molecular weight is 408 g/mol. The van der Waals surface area contributed by atoms with Crippen molar-refractivity contribution in [3.63, 3.8) is 0 Å². The molecule has 0 fully saturated rings. The summed E-state index contributed by atoms with van der Waals surface area (Å²) in [4.78, 5) is 17.9. The van der Waals surface area contributed by atoms with Crippen LogP contribution >= 0.6 is 11.3 Å². The minimum Gasteiger partial charge on any atom is -0.396 e. The van der Waals surface area contributed by atoms with Crippen molar-refractivity contribution in [2.24, 2.45) is 0 Å². The number of amides is 1. The highest BCUT2D eigenvalue weighted by Gasteiger charge is 2.19. The van der Waals surface area contributed by atoms with Crippen molar-refractivity contribution >= 4 is 22.9 Å². The summed E-state index contributed by atoms with van der Waals surface area (Å²) in [5.74, 6) is -0.414. The molecular formula is C21H17FN4O2S. The molecule has 2 N–H and O–H groups in total. The highest BCUT2D eigenvalue weighted by Crippen LogP contribution is 2.26. The van der Waals surface area contributed by atoms with E-state index in [0.29, 0.717) is 23.6 Å². The summed E-state index contributed by atoms with van der Waals surface area (Å²) < 4.78 is 15.2. The molecule has 0 aliphatic rings. The Hall–Kier alpha value is -3.36. The van der Waals surface area contributed by atoms with Gasteiger partial charge in [0.05, 0.1) is 10.6 Å². The fourth-order valence-electron chi connectivity index (χ4n) is 2.83. The van der Waals surface area contributed by atoms with Gasteiger partial charge < -0.3 is 10.4 Å². The Morgan fingerprint density at radius 1 is 1.14 bits per heavy atom. The first kappa shape index (κ1) is 19.0. The Labute approximate surface area is 170 Å². The molecule has 2 aromatic heterocycles. The van der Waals surface area contributed by atoms with Gasteiger partial charge in [-0.05, 0) is 53.8 Å². The molecule has 6 nitrogen and oxygen atoms in total. The zero-order chi connectivity index (χ0) is 20.2. The van der Waals surface area contributed by atoms with E-state index in [2.05, 4.69) is 15.4 Å². The highest BCUT2D eigenvalue weighted by atomic mass is 32.1. The third-order valence-corrected chi connectivity index (χ3v) is 5.08. The van der Waals surface area contributed by atoms with E-state index in [-0.39, 0.29) is 12.4 Å². The van der Waals surface area contributed by atoms with Gasteiger partial charge in [0.1, 0.15) is 5.82 Å². The van der Waals surface area contributed by atoms with Gasteiger partial charge in [-0.25, -0.2) is 14.1 Å². The topological polar surface area (TPSA) is 80.0 Å². The number of rotatable bonds is 6. The standard InChI is InChI=1S/C21H17FN4O2S/c22-15-3-1-4-17(13-15)26-20(18-5-2-12-29-18)24-19(25-26)21(28)23-16-8-6-14(7-9-16)10-11-27/h1-9,12-13,27H,10-11H2,(H,23,28). The summed E-state index contributed by atoms with van der Waals surface area (Å²) >= 11 is 1.46. The summed E-state index contributed by atoms with van der Waals surface area (Å²) in [7, 11) is 0. The summed E-state index contributed by atoms with van der Waals surface area (Å²) in [6.07, 6.45) is 0.554. The number of anilines is 1. The van der Waals surface area contributed by atoms with Crippen LogP contribution in [0.3, 0.4) is 0 Å². The number of nitrogens with zero attached hydrogens (tertiary/aromatic N) is 3. The lowest BCUT2D eigenvalue weighted by Crippen LogP contribution is -2.14. The van der Waals surface area contributed by atoms with Gasteiger partial charge in [0.25, 0.3) is 5.91 Å². The smallest absolute Gasteiger partial charge is 0.295 e. The summed E-state index contributed by atoms with van der Waals surface area (Å²) in [6, 6.07) is 16.9. The van der Waals surface area contributed by atoms with Crippen LogP contribution in [-0.4, -0.2) is 32.4 Å². The minimum atomic E-state index is -0.465. The monoisotopic (exact) mass is 408 g/mol. The fraction of sp³-hybridized carbons (Fsp3) is 0.0952. The number of carbonyl (C=O) groups excluding carboxylic acids is 1. The molecule has 0 saturated carbocycles. The Kier molecular flexibility index (Phi) is 5.46. The van der Waals surface area contributed by atoms with Crippen molar-refractivity contribution in [1.82, 2.24) is 14.8 Å². The molecule has 1 amide bonds. The largest absolute Gasteiger partial charge is 0.396 e. The second kappa shape index (κ2) is 8.34. The number of aliphatic hydroxyl groups excluding tert-OH is 1. The lowest BCUT2D eigenvalue weighted by molar-refractivity contribution is 0.101. The van der Waals surface area contributed by atoms with Crippen molar-refractivity contribution in [2.75, 3.05) is 11.9 Å². The number of aliphatic hydroxyl groups is 1. The predicted molar refractivity (Wildman–Crippen MR) is 110 cm³/mol. The van der Waals surface area contributed by atoms with Crippen LogP contribution in [0.1, 0.15) is 16.2 Å². The fourth-order valence-corrected chi connectivity index (χ4v) is 3.53. The summed E-state index contributed by atoms with van der Waals surface area (Å²) in [5, 5.41) is 18.0. The van der Waals surface area contributed by atoms with Crippen molar-refractivity contribution < 1.29 is 14.3 Å². The Bertz CT molecular complexity index is 1120. The van der Waals surface area contributed by atoms with E-state index in [4.69, 9.17) is 5.11 Å². The van der Waals surface area contributed by atoms with Gasteiger partial charge in [0, 0.05) is 12.3 Å². The maximum atomic E-state index is 13.7. The van der Waals surface area contributed by atoms with E-state index in [9.17, 15) is 9.18 Å². The zero-order valence-corrected chi connectivity index (χ0v) is 16.1. The number of aromatic nitrogens is 3. The number of nitrogens with one attached hydrogen (secondary N) is 1. The molecule has 0 saturated heterocycles. The summed E-state index contributed by atoms with van der Waals surface area (Å²) in [5.41, 5.74) is 2.05. The molecule has 2 aromatic carbocycles. The second-order valence-corrected chi connectivity index (χ2v) is 7.20. The minimum absolute atomic E-state index is 0.0166. The van der Waals surface area contributed by atoms with Crippen molar-refractivity contribution in [3.05, 3.63) is 83.2 Å². The van der Waals surface area contributed by atoms with Crippen LogP contribution < -0.4 is 5.32 Å². The molecule has 4 aromatic rings. The third kappa shape index (κ3) is 4.23. The van der Waals surface area contributed by atoms with Gasteiger partial charge in [-0.15, -0.1) is 16.4 Å². The van der Waals surface area contributed by atoms with Crippen LogP contribution in [0.4, 0.5) is 10.1 Å². The molecule has 0 aliphatic heterocycles. The maximum absolute atomic E-state index is 13.7. The SMILES string of the molecule is O=C(Nc1ccc(CCO)cc1)c1nc(-c2cccs2)n(-c2cccc(F)c2)n1. The zero-order valence-electron chi connectivity index (χ0n) is 15.2. The lowest BCUT2D eigenvalue weighted by Gasteiger charge is -2.04. The van der Waals surface area contributed by atoms with Crippen LogP contribution in [0.5, 0.6) is 0 Å². The molecule has 0 atom stereocenters. The number of carbonyl (C=O) groups is 1. The quantitative estimate of drug-likeness (QED) is 0.507. The first-order valence-corrected chi connectivity index (χ1v) is 9.80. The predicted octanol–water partition coefficient (Wildman–Crippen LogP) is 3.92. The number of halogens is 1. The highest BCUT2D eigenvalue weighted by molar-refractivity contribution is 7.13. The molecular weight excluding hydrogens is 391 g/mol. The Morgan fingerprint density at radius 3 is 2.66 bits per heavy atom. The van der Waals surface area contributed by atoms with E-state index >= 15 is 0 Å². The normalized spacial score (nSPS) is 10.8. The van der Waals surface area contributed by atoms with E-state index in [0.717, 1.165) is 10.4 Å². The third-order valence-electron chi connectivity index (χ3n) is 4.22. The molecule has 29 heavy (non-hydrogen) atoms. The second-order valence-electron chi connectivity index (χ2n) is 6.25. The first-order valence-electron chi connectivity index (χ1n) is 8.92. The molecule has 0 unspecified atom stereocenters. The van der Waals surface area contributed by atoms with Crippen LogP contribution in [0.25, 0.3) is 16.4 Å². The van der Waals surface area contributed by atoms with Gasteiger partial charge in [-0.2, -0.15) is 0 Å². The number of hydrogen-bond acceptors (Lipinski definition) is 5. The van der Waals surface area contributed by atoms with Crippen molar-refractivity contribution in [1.29, 1.82) is 0 Å². The molecule has 4 rings (SSSR count). The molecule has 146 valence electrons. The van der Waals surface area contributed by atoms with E-state index in [1.165, 1.54) is 28.2 Å². The van der Waals surface area contributed by atoms with Crippen LogP contribution in [0.2, 0.25) is 0 Å². The van der Waals surface area contributed by atoms with E-state index in [1.54, 1.807) is 24.3 Å². The van der Waals surface area contributed by atoms with Gasteiger partial charge in [0.15, 0.2) is 5.82 Å². The van der Waals surface area contributed by atoms with Crippen LogP contribution in [-0.2, 0) is 6.42 Å². The number of hydrogen-bond donors (Lipinski definition) is 2. The molecule has 0 spiro atoms. The summed E-state index contributed by atoms with van der Waals surface area (Å²) in [6.45, 7) is 0.0681. The van der Waals surface area contributed by atoms with Crippen LogP contribution in [0.15, 0.2) is 66.0 Å². The molecule has 2 heterocycles. The number of thiophene rings is 1. The Balaban J connectivity index is 1.65. The van der Waals surface area contributed by atoms with E-state index < -0.39 is 11.7 Å². The number of benzene rings is 2. The van der Waals surface area contributed by atoms with Gasteiger partial charge >= 0.3 is 0 Å². The molecule has 8 heteroatoms. The molecule has 0 radical (unpaired) electrons. The Morgan fingerprint density at radius 2 is 1.97 bits per heavy atom. The molecule has 0 bridgehead atoms. The molecule has 0 aliphatic carbocycles. The first-order chi connectivity index (χ1) is 14.1. The maximum Gasteiger partial charge on any atom is 0.295 e. The van der Waals surface area contributed by atoms with Gasteiger partial charge in [0.2, 0.25) is 5.82 Å². The van der Waals surface area contributed by atoms with E-state index in [1.807, 2.05) is 29.6 Å². The van der Waals surface area contributed by atoms with Crippen LogP contribution in [0, 0.1) is 5.82 Å². The van der Waals surface area contributed by atoms with Gasteiger partial charge in [-0.3, -0.25) is 4.79 Å². The lowest BCUT2D eigenvalue weighted by atomic mass is 10.1.